The first-order chi connectivity index (χ1) is 7.77. The van der Waals surface area contributed by atoms with Crippen molar-refractivity contribution in [3.63, 3.8) is 0 Å². The molecule has 0 saturated carbocycles. The van der Waals surface area contributed by atoms with Crippen molar-refractivity contribution in [2.45, 2.75) is 32.7 Å². The Morgan fingerprint density at radius 2 is 2.31 bits per heavy atom. The van der Waals surface area contributed by atoms with Gasteiger partial charge in [-0.2, -0.15) is 11.8 Å². The highest BCUT2D eigenvalue weighted by Gasteiger charge is 2.11. The van der Waals surface area contributed by atoms with Crippen LogP contribution in [0.2, 0.25) is 0 Å². The van der Waals surface area contributed by atoms with Crippen LogP contribution in [0.1, 0.15) is 26.1 Å². The maximum Gasteiger partial charge on any atom is 0.109 e. The zero-order valence-corrected chi connectivity index (χ0v) is 11.4. The molecule has 0 aliphatic carbocycles. The van der Waals surface area contributed by atoms with Gasteiger partial charge in [-0.1, -0.05) is 13.8 Å². The molecule has 1 aromatic rings. The summed E-state index contributed by atoms with van der Waals surface area (Å²) in [6.45, 7) is 5.51. The molecule has 0 aliphatic heterocycles. The van der Waals surface area contributed by atoms with Crippen LogP contribution < -0.4 is 5.32 Å². The molecular formula is C12H23N3S. The van der Waals surface area contributed by atoms with Crippen molar-refractivity contribution in [1.29, 1.82) is 0 Å². The zero-order valence-electron chi connectivity index (χ0n) is 10.6. The molecule has 1 unspecified atom stereocenters. The summed E-state index contributed by atoms with van der Waals surface area (Å²) in [7, 11) is 2.06. The van der Waals surface area contributed by atoms with E-state index in [2.05, 4.69) is 35.8 Å². The van der Waals surface area contributed by atoms with Gasteiger partial charge < -0.3 is 9.88 Å². The van der Waals surface area contributed by atoms with Crippen LogP contribution in [0.15, 0.2) is 12.4 Å². The minimum atomic E-state index is 0.547. The van der Waals surface area contributed by atoms with Gasteiger partial charge in [-0.15, -0.1) is 0 Å². The van der Waals surface area contributed by atoms with E-state index in [4.69, 9.17) is 0 Å². The Labute approximate surface area is 103 Å². The molecular weight excluding hydrogens is 218 g/mol. The van der Waals surface area contributed by atoms with Gasteiger partial charge in [-0.3, -0.25) is 0 Å². The number of aromatic nitrogens is 2. The number of imidazole rings is 1. The molecule has 1 atom stereocenters. The average Bonchev–Trinajstić information content (AvgIpc) is 2.68. The number of aryl methyl sites for hydroxylation is 1. The van der Waals surface area contributed by atoms with Gasteiger partial charge in [0.25, 0.3) is 0 Å². The highest BCUT2D eigenvalue weighted by Crippen LogP contribution is 2.07. The highest BCUT2D eigenvalue weighted by molar-refractivity contribution is 7.99. The predicted molar refractivity (Wildman–Crippen MR) is 72.0 cm³/mol. The molecule has 3 nitrogen and oxygen atoms in total. The highest BCUT2D eigenvalue weighted by atomic mass is 32.2. The van der Waals surface area contributed by atoms with Crippen molar-refractivity contribution in [3.05, 3.63) is 18.2 Å². The van der Waals surface area contributed by atoms with Gasteiger partial charge in [0.1, 0.15) is 5.82 Å². The van der Waals surface area contributed by atoms with Gasteiger partial charge in [0.05, 0.1) is 0 Å². The third-order valence-electron chi connectivity index (χ3n) is 2.56. The third kappa shape index (κ3) is 4.58. The van der Waals surface area contributed by atoms with Crippen molar-refractivity contribution >= 4 is 11.8 Å². The maximum absolute atomic E-state index is 4.39. The molecule has 1 N–H and O–H groups in total. The number of nitrogens with one attached hydrogen (secondary N) is 1. The van der Waals surface area contributed by atoms with E-state index in [1.54, 1.807) is 0 Å². The van der Waals surface area contributed by atoms with E-state index in [1.807, 2.05) is 24.2 Å². The van der Waals surface area contributed by atoms with Crippen LogP contribution in [0.25, 0.3) is 0 Å². The van der Waals surface area contributed by atoms with Crippen molar-refractivity contribution < 1.29 is 0 Å². The number of nitrogens with zero attached hydrogens (tertiary/aromatic N) is 2. The minimum Gasteiger partial charge on any atom is -0.338 e. The monoisotopic (exact) mass is 241 g/mol. The molecule has 0 radical (unpaired) electrons. The van der Waals surface area contributed by atoms with Crippen molar-refractivity contribution in [3.8, 4) is 0 Å². The van der Waals surface area contributed by atoms with E-state index in [-0.39, 0.29) is 0 Å². The Morgan fingerprint density at radius 3 is 2.88 bits per heavy atom. The van der Waals surface area contributed by atoms with E-state index in [9.17, 15) is 0 Å². The summed E-state index contributed by atoms with van der Waals surface area (Å²) in [4.78, 5) is 4.39. The number of hydrogen-bond donors (Lipinski definition) is 1. The van der Waals surface area contributed by atoms with Gasteiger partial charge in [-0.25, -0.2) is 4.98 Å². The van der Waals surface area contributed by atoms with Gasteiger partial charge in [-0.05, 0) is 18.7 Å². The summed E-state index contributed by atoms with van der Waals surface area (Å²) in [5, 5.41) is 3.60. The molecule has 1 aromatic heterocycles. The average molecular weight is 241 g/mol. The molecule has 0 aliphatic rings. The molecule has 0 fully saturated rings. The lowest BCUT2D eigenvalue weighted by Gasteiger charge is -2.17. The minimum absolute atomic E-state index is 0.547. The first-order valence-electron chi connectivity index (χ1n) is 6.05. The van der Waals surface area contributed by atoms with E-state index in [1.165, 1.54) is 23.8 Å². The molecule has 0 spiro atoms. The molecule has 16 heavy (non-hydrogen) atoms. The lowest BCUT2D eigenvalue weighted by atomic mass is 10.2. The van der Waals surface area contributed by atoms with Crippen LogP contribution in [0.5, 0.6) is 0 Å². The lowest BCUT2D eigenvalue weighted by Crippen LogP contribution is -2.34. The van der Waals surface area contributed by atoms with E-state index < -0.39 is 0 Å². The number of rotatable bonds is 8. The second kappa shape index (κ2) is 7.74. The first-order valence-corrected chi connectivity index (χ1v) is 7.20. The second-order valence-electron chi connectivity index (χ2n) is 3.97. The van der Waals surface area contributed by atoms with Gasteiger partial charge in [0, 0.05) is 37.7 Å². The standard InChI is InChI=1S/C12H23N3S/c1-4-6-13-11(10-16-5-2)9-12-14-7-8-15(12)3/h7-8,11,13H,4-6,9-10H2,1-3H3. The van der Waals surface area contributed by atoms with Crippen LogP contribution in [-0.2, 0) is 13.5 Å². The lowest BCUT2D eigenvalue weighted by molar-refractivity contribution is 0.532. The SMILES string of the molecule is CCCNC(CSCC)Cc1nccn1C. The van der Waals surface area contributed by atoms with Crippen molar-refractivity contribution in [2.75, 3.05) is 18.1 Å². The second-order valence-corrected chi connectivity index (χ2v) is 5.29. The predicted octanol–water partition coefficient (Wildman–Crippen LogP) is 2.08. The topological polar surface area (TPSA) is 29.9 Å². The summed E-state index contributed by atoms with van der Waals surface area (Å²) in [5.41, 5.74) is 0. The van der Waals surface area contributed by atoms with Crippen LogP contribution in [0.3, 0.4) is 0 Å². The molecule has 1 rings (SSSR count). The van der Waals surface area contributed by atoms with Crippen molar-refractivity contribution in [2.24, 2.45) is 7.05 Å². The largest absolute Gasteiger partial charge is 0.338 e. The van der Waals surface area contributed by atoms with Gasteiger partial charge >= 0.3 is 0 Å². The van der Waals surface area contributed by atoms with Crippen LogP contribution in [0.4, 0.5) is 0 Å². The summed E-state index contributed by atoms with van der Waals surface area (Å²) in [5.74, 6) is 3.53. The molecule has 4 heteroatoms. The molecule has 1 heterocycles. The fraction of sp³-hybridized carbons (Fsp3) is 0.750. The van der Waals surface area contributed by atoms with Crippen molar-refractivity contribution in [1.82, 2.24) is 14.9 Å². The first kappa shape index (κ1) is 13.6. The summed E-state index contributed by atoms with van der Waals surface area (Å²) in [6, 6.07) is 0.547. The Kier molecular flexibility index (Phi) is 6.57. The normalized spacial score (nSPS) is 12.9. The molecule has 0 bridgehead atoms. The zero-order chi connectivity index (χ0) is 11.8. The summed E-state index contributed by atoms with van der Waals surface area (Å²) < 4.78 is 2.11. The summed E-state index contributed by atoms with van der Waals surface area (Å²) in [6.07, 6.45) is 6.10. The Morgan fingerprint density at radius 1 is 1.50 bits per heavy atom. The van der Waals surface area contributed by atoms with Crippen LogP contribution in [-0.4, -0.2) is 33.6 Å². The van der Waals surface area contributed by atoms with Crippen LogP contribution >= 0.6 is 11.8 Å². The molecule has 0 amide bonds. The molecule has 0 saturated heterocycles. The fourth-order valence-electron chi connectivity index (χ4n) is 1.61. The fourth-order valence-corrected chi connectivity index (χ4v) is 2.37. The maximum atomic E-state index is 4.39. The van der Waals surface area contributed by atoms with Gasteiger partial charge in [0.2, 0.25) is 0 Å². The van der Waals surface area contributed by atoms with Crippen LogP contribution in [0, 0.1) is 0 Å². The quantitative estimate of drug-likeness (QED) is 0.756. The Balaban J connectivity index is 2.45. The molecule has 92 valence electrons. The van der Waals surface area contributed by atoms with E-state index in [0.29, 0.717) is 6.04 Å². The van der Waals surface area contributed by atoms with Gasteiger partial charge in [0.15, 0.2) is 0 Å². The van der Waals surface area contributed by atoms with E-state index in [0.717, 1.165) is 13.0 Å². The Bertz CT molecular complexity index is 278. The molecule has 0 aromatic carbocycles. The number of hydrogen-bond acceptors (Lipinski definition) is 3. The third-order valence-corrected chi connectivity index (χ3v) is 3.60. The Hall–Kier alpha value is -0.480. The smallest absolute Gasteiger partial charge is 0.109 e. The summed E-state index contributed by atoms with van der Waals surface area (Å²) >= 11 is 1.99. The number of thioether (sulfide) groups is 1. The van der Waals surface area contributed by atoms with E-state index >= 15 is 0 Å².